The highest BCUT2D eigenvalue weighted by atomic mass is 32.2. The number of anilines is 1. The van der Waals surface area contributed by atoms with Crippen molar-refractivity contribution in [2.75, 3.05) is 18.2 Å². The minimum atomic E-state index is -0.553. The van der Waals surface area contributed by atoms with E-state index in [1.165, 1.54) is 30.7 Å². The maximum atomic E-state index is 13.8. The normalized spacial score (nSPS) is 26.0. The molecule has 0 amide bonds. The minimum Gasteiger partial charge on any atom is -0.507 e. The van der Waals surface area contributed by atoms with Crippen LogP contribution in [-0.2, 0) is 0 Å². The fourth-order valence-corrected chi connectivity index (χ4v) is 5.91. The highest BCUT2D eigenvalue weighted by molar-refractivity contribution is 7.98. The lowest BCUT2D eigenvalue weighted by Gasteiger charge is -2.45. The number of aromatic nitrogens is 4. The number of hydrogen-bond acceptors (Lipinski definition) is 8. The molecular weight excluding hydrogens is 451 g/mol. The Hall–Kier alpha value is -2.78. The zero-order valence-corrected chi connectivity index (χ0v) is 20.7. The van der Waals surface area contributed by atoms with Crippen LogP contribution in [0.1, 0.15) is 39.5 Å². The van der Waals surface area contributed by atoms with Gasteiger partial charge < -0.3 is 15.3 Å². The second kappa shape index (κ2) is 8.46. The number of halogens is 1. The zero-order valence-electron chi connectivity index (χ0n) is 19.8. The van der Waals surface area contributed by atoms with Gasteiger partial charge in [0.1, 0.15) is 5.75 Å². The number of rotatable bonds is 5. The van der Waals surface area contributed by atoms with Gasteiger partial charge in [-0.05, 0) is 75.1 Å². The summed E-state index contributed by atoms with van der Waals surface area (Å²) >= 11 is 1.36. The Kier molecular flexibility index (Phi) is 5.72. The first-order valence-electron chi connectivity index (χ1n) is 11.4. The Morgan fingerprint density at radius 1 is 1.09 bits per heavy atom. The first-order chi connectivity index (χ1) is 16.2. The zero-order chi connectivity index (χ0) is 24.1. The molecule has 9 heteroatoms. The van der Waals surface area contributed by atoms with E-state index in [1.807, 2.05) is 12.3 Å². The van der Waals surface area contributed by atoms with E-state index in [-0.39, 0.29) is 16.8 Å². The summed E-state index contributed by atoms with van der Waals surface area (Å²) in [6.45, 7) is 4.61. The number of hydrogen-bond donors (Lipinski definition) is 2. The SMILES string of the molecule is CSc1cc(-c2ccc(-c3ncc(N(C)C4C[C@]5(C)CC[C@](C)(C4)N5)nn3)c(O)c2)cc(F)n1. The molecule has 2 bridgehead atoms. The first-order valence-corrected chi connectivity index (χ1v) is 12.7. The van der Waals surface area contributed by atoms with Crippen molar-refractivity contribution in [2.24, 2.45) is 0 Å². The van der Waals surface area contributed by atoms with Crippen LogP contribution in [0.25, 0.3) is 22.5 Å². The van der Waals surface area contributed by atoms with Gasteiger partial charge >= 0.3 is 0 Å². The second-order valence-corrected chi connectivity index (χ2v) is 10.8. The summed E-state index contributed by atoms with van der Waals surface area (Å²) in [5.41, 5.74) is 2.13. The van der Waals surface area contributed by atoms with Crippen LogP contribution in [0.3, 0.4) is 0 Å². The Morgan fingerprint density at radius 2 is 1.82 bits per heavy atom. The summed E-state index contributed by atoms with van der Waals surface area (Å²) in [5, 5.41) is 23.8. The predicted molar refractivity (Wildman–Crippen MR) is 133 cm³/mol. The fourth-order valence-electron chi connectivity index (χ4n) is 5.48. The molecule has 2 aromatic heterocycles. The molecule has 34 heavy (non-hydrogen) atoms. The molecule has 2 aliphatic rings. The van der Waals surface area contributed by atoms with Crippen molar-refractivity contribution in [3.05, 3.63) is 42.5 Å². The van der Waals surface area contributed by atoms with Crippen LogP contribution in [0.5, 0.6) is 5.75 Å². The fraction of sp³-hybridized carbons (Fsp3) is 0.440. The third-order valence-corrected chi connectivity index (χ3v) is 7.84. The van der Waals surface area contributed by atoms with E-state index in [0.29, 0.717) is 33.6 Å². The minimum absolute atomic E-state index is 0.0131. The molecule has 0 saturated carbocycles. The van der Waals surface area contributed by atoms with E-state index in [1.54, 1.807) is 24.4 Å². The van der Waals surface area contributed by atoms with Crippen LogP contribution < -0.4 is 10.2 Å². The number of benzene rings is 1. The van der Waals surface area contributed by atoms with Crippen LogP contribution in [0.4, 0.5) is 10.2 Å². The molecule has 0 spiro atoms. The van der Waals surface area contributed by atoms with Crippen molar-refractivity contribution in [3.63, 3.8) is 0 Å². The highest BCUT2D eigenvalue weighted by Crippen LogP contribution is 2.43. The van der Waals surface area contributed by atoms with Gasteiger partial charge in [-0.25, -0.2) is 9.97 Å². The predicted octanol–water partition coefficient (Wildman–Crippen LogP) is 4.67. The quantitative estimate of drug-likeness (QED) is 0.403. The van der Waals surface area contributed by atoms with Gasteiger partial charge in [-0.15, -0.1) is 22.0 Å². The average molecular weight is 481 g/mol. The lowest BCUT2D eigenvalue weighted by molar-refractivity contribution is 0.207. The van der Waals surface area contributed by atoms with Crippen molar-refractivity contribution < 1.29 is 9.50 Å². The average Bonchev–Trinajstić information content (AvgIpc) is 3.04. The van der Waals surface area contributed by atoms with Crippen molar-refractivity contribution >= 4 is 17.6 Å². The van der Waals surface area contributed by atoms with Gasteiger partial charge in [0.05, 0.1) is 16.8 Å². The molecule has 2 saturated heterocycles. The van der Waals surface area contributed by atoms with E-state index in [9.17, 15) is 9.50 Å². The Balaban J connectivity index is 1.36. The summed E-state index contributed by atoms with van der Waals surface area (Å²) in [4.78, 5) is 10.5. The smallest absolute Gasteiger partial charge is 0.214 e. The molecule has 3 atom stereocenters. The van der Waals surface area contributed by atoms with Gasteiger partial charge in [0.25, 0.3) is 0 Å². The van der Waals surface area contributed by atoms with E-state index >= 15 is 0 Å². The molecule has 3 aromatic rings. The third kappa shape index (κ3) is 4.34. The molecule has 0 radical (unpaired) electrons. The number of nitrogens with zero attached hydrogens (tertiary/aromatic N) is 5. The summed E-state index contributed by atoms with van der Waals surface area (Å²) in [6.07, 6.45) is 8.05. The Bertz CT molecular complexity index is 1210. The second-order valence-electron chi connectivity index (χ2n) is 10.0. The van der Waals surface area contributed by atoms with Crippen molar-refractivity contribution in [3.8, 4) is 28.3 Å². The monoisotopic (exact) mass is 480 g/mol. The molecule has 7 nitrogen and oxygen atoms in total. The van der Waals surface area contributed by atoms with E-state index in [4.69, 9.17) is 0 Å². The van der Waals surface area contributed by atoms with Gasteiger partial charge in [-0.3, -0.25) is 0 Å². The molecule has 5 rings (SSSR count). The van der Waals surface area contributed by atoms with Gasteiger partial charge in [0, 0.05) is 30.2 Å². The van der Waals surface area contributed by atoms with Crippen LogP contribution >= 0.6 is 11.8 Å². The number of phenols is 1. The van der Waals surface area contributed by atoms with Gasteiger partial charge in [-0.1, -0.05) is 6.07 Å². The largest absolute Gasteiger partial charge is 0.507 e. The molecule has 2 fully saturated rings. The van der Waals surface area contributed by atoms with Crippen molar-refractivity contribution in [2.45, 2.75) is 61.7 Å². The molecule has 1 aromatic carbocycles. The topological polar surface area (TPSA) is 87.1 Å². The summed E-state index contributed by atoms with van der Waals surface area (Å²) in [5.74, 6) is 0.521. The van der Waals surface area contributed by atoms with Crippen molar-refractivity contribution in [1.82, 2.24) is 25.5 Å². The molecule has 1 unspecified atom stereocenters. The maximum Gasteiger partial charge on any atom is 0.214 e. The van der Waals surface area contributed by atoms with Crippen molar-refractivity contribution in [1.29, 1.82) is 0 Å². The number of nitrogens with one attached hydrogen (secondary N) is 1. The van der Waals surface area contributed by atoms with Gasteiger partial charge in [0.2, 0.25) is 5.95 Å². The van der Waals surface area contributed by atoms with Gasteiger partial charge in [-0.2, -0.15) is 4.39 Å². The van der Waals surface area contributed by atoms with Crippen LogP contribution in [0, 0.1) is 5.95 Å². The molecular formula is C25H29FN6OS. The Morgan fingerprint density at radius 3 is 2.44 bits per heavy atom. The van der Waals surface area contributed by atoms with E-state index in [0.717, 1.165) is 18.7 Å². The number of fused-ring (bicyclic) bond motifs is 2. The first kappa shape index (κ1) is 23.0. The number of phenolic OH excluding ortho intramolecular Hbond substituents is 1. The van der Waals surface area contributed by atoms with E-state index in [2.05, 4.69) is 51.3 Å². The highest BCUT2D eigenvalue weighted by Gasteiger charge is 2.49. The maximum absolute atomic E-state index is 13.8. The molecule has 0 aliphatic carbocycles. The Labute approximate surface area is 203 Å². The van der Waals surface area contributed by atoms with E-state index < -0.39 is 5.95 Å². The third-order valence-electron chi connectivity index (χ3n) is 7.21. The number of piperidine rings is 1. The molecule has 4 heterocycles. The summed E-state index contributed by atoms with van der Waals surface area (Å²) in [7, 11) is 2.05. The number of thioether (sulfide) groups is 1. The number of aromatic hydroxyl groups is 1. The summed E-state index contributed by atoms with van der Waals surface area (Å²) in [6, 6.07) is 8.63. The van der Waals surface area contributed by atoms with Crippen LogP contribution in [0.15, 0.2) is 41.6 Å². The lowest BCUT2D eigenvalue weighted by atomic mass is 9.84. The van der Waals surface area contributed by atoms with Gasteiger partial charge in [0.15, 0.2) is 11.6 Å². The molecule has 2 N–H and O–H groups in total. The molecule has 2 aliphatic heterocycles. The van der Waals surface area contributed by atoms with Crippen LogP contribution in [0.2, 0.25) is 0 Å². The van der Waals surface area contributed by atoms with Crippen LogP contribution in [-0.4, -0.2) is 55.7 Å². The summed E-state index contributed by atoms with van der Waals surface area (Å²) < 4.78 is 13.8. The number of pyridine rings is 1. The lowest BCUT2D eigenvalue weighted by Crippen LogP contribution is -2.58. The molecule has 178 valence electrons. The standard InChI is InChI=1S/C25H29FN6OS/c1-24-7-8-25(2,31-24)13-17(12-24)32(3)21-14-27-23(30-29-21)18-6-5-15(9-19(18)33)16-10-20(26)28-22(11-16)34-4/h5-6,9-11,14,17,31,33H,7-8,12-13H2,1-4H3/t17?,24-,25+.